The SMILES string of the molecule is O=C1CC(=O)N(c2cnc(Br)c(Cl)n2)C1. The van der Waals surface area contributed by atoms with E-state index in [2.05, 4.69) is 25.9 Å². The second-order valence-corrected chi connectivity index (χ2v) is 4.11. The standard InChI is InChI=1S/C8H5BrClN3O2/c9-7-8(10)12-5(2-11-7)13-3-4(14)1-6(13)15/h2H,1,3H2. The van der Waals surface area contributed by atoms with E-state index in [1.54, 1.807) is 0 Å². The number of carbonyl (C=O) groups excluding carboxylic acids is 2. The van der Waals surface area contributed by atoms with Gasteiger partial charge in [-0.15, -0.1) is 0 Å². The fraction of sp³-hybridized carbons (Fsp3) is 0.250. The molecule has 7 heteroatoms. The Bertz CT molecular complexity index is 452. The topological polar surface area (TPSA) is 63.2 Å². The first-order valence-corrected chi connectivity index (χ1v) is 5.25. The summed E-state index contributed by atoms with van der Waals surface area (Å²) in [5, 5.41) is 0.166. The Balaban J connectivity index is 2.34. The quantitative estimate of drug-likeness (QED) is 0.729. The van der Waals surface area contributed by atoms with Crippen molar-refractivity contribution in [1.82, 2.24) is 9.97 Å². The molecule has 2 heterocycles. The van der Waals surface area contributed by atoms with Crippen molar-refractivity contribution in [2.24, 2.45) is 0 Å². The molecule has 0 bridgehead atoms. The number of anilines is 1. The number of carbonyl (C=O) groups is 2. The Labute approximate surface area is 98.6 Å². The number of nitrogens with zero attached hydrogens (tertiary/aromatic N) is 3. The van der Waals surface area contributed by atoms with E-state index in [1.807, 2.05) is 0 Å². The highest BCUT2D eigenvalue weighted by molar-refractivity contribution is 9.10. The van der Waals surface area contributed by atoms with Gasteiger partial charge >= 0.3 is 0 Å². The highest BCUT2D eigenvalue weighted by Crippen LogP contribution is 2.22. The summed E-state index contributed by atoms with van der Waals surface area (Å²) in [6.07, 6.45) is 1.32. The van der Waals surface area contributed by atoms with E-state index in [4.69, 9.17) is 11.6 Å². The van der Waals surface area contributed by atoms with Gasteiger partial charge in [0, 0.05) is 0 Å². The molecular weight excluding hydrogens is 285 g/mol. The first-order chi connectivity index (χ1) is 7.08. The summed E-state index contributed by atoms with van der Waals surface area (Å²) in [7, 11) is 0. The molecule has 0 atom stereocenters. The van der Waals surface area contributed by atoms with E-state index in [0.29, 0.717) is 10.4 Å². The van der Waals surface area contributed by atoms with E-state index in [-0.39, 0.29) is 29.8 Å². The predicted molar refractivity (Wildman–Crippen MR) is 56.7 cm³/mol. The number of amides is 1. The molecule has 0 N–H and O–H groups in total. The highest BCUT2D eigenvalue weighted by Gasteiger charge is 2.29. The first kappa shape index (κ1) is 10.5. The van der Waals surface area contributed by atoms with Crippen molar-refractivity contribution in [3.8, 4) is 0 Å². The zero-order valence-electron chi connectivity index (χ0n) is 7.41. The van der Waals surface area contributed by atoms with Crippen molar-refractivity contribution in [2.75, 3.05) is 11.4 Å². The minimum Gasteiger partial charge on any atom is -0.297 e. The van der Waals surface area contributed by atoms with Gasteiger partial charge in [-0.1, -0.05) is 11.6 Å². The Morgan fingerprint density at radius 3 is 2.73 bits per heavy atom. The molecule has 5 nitrogen and oxygen atoms in total. The molecule has 78 valence electrons. The zero-order chi connectivity index (χ0) is 11.0. The maximum atomic E-state index is 11.4. The molecule has 15 heavy (non-hydrogen) atoms. The van der Waals surface area contributed by atoms with Crippen LogP contribution in [0.25, 0.3) is 0 Å². The number of rotatable bonds is 1. The fourth-order valence-corrected chi connectivity index (χ4v) is 1.59. The predicted octanol–water partition coefficient (Wildman–Crippen LogP) is 1.20. The summed E-state index contributed by atoms with van der Waals surface area (Å²) in [5.74, 6) is -0.0902. The van der Waals surface area contributed by atoms with E-state index in [0.717, 1.165) is 0 Å². The van der Waals surface area contributed by atoms with Crippen LogP contribution in [0.1, 0.15) is 6.42 Å². The number of Topliss-reactive ketones (excluding diaryl/α,β-unsaturated/α-hetero) is 1. The van der Waals surface area contributed by atoms with Crippen molar-refractivity contribution in [1.29, 1.82) is 0 Å². The molecule has 1 amide bonds. The van der Waals surface area contributed by atoms with Gasteiger partial charge in [-0.2, -0.15) is 0 Å². The van der Waals surface area contributed by atoms with Gasteiger partial charge in [0.1, 0.15) is 4.60 Å². The number of ketones is 1. The Hall–Kier alpha value is -1.01. The lowest BCUT2D eigenvalue weighted by Crippen LogP contribution is -2.25. The fourth-order valence-electron chi connectivity index (χ4n) is 1.27. The zero-order valence-corrected chi connectivity index (χ0v) is 9.75. The van der Waals surface area contributed by atoms with Crippen LogP contribution in [0.2, 0.25) is 5.15 Å². The van der Waals surface area contributed by atoms with Crippen molar-refractivity contribution >= 4 is 45.0 Å². The second kappa shape index (κ2) is 3.86. The van der Waals surface area contributed by atoms with Gasteiger partial charge in [0.15, 0.2) is 16.8 Å². The van der Waals surface area contributed by atoms with Crippen molar-refractivity contribution in [3.05, 3.63) is 16.0 Å². The largest absolute Gasteiger partial charge is 0.297 e. The van der Waals surface area contributed by atoms with Crippen LogP contribution in [0.5, 0.6) is 0 Å². The third-order valence-electron chi connectivity index (χ3n) is 1.94. The van der Waals surface area contributed by atoms with Crippen LogP contribution in [-0.2, 0) is 9.59 Å². The summed E-state index contributed by atoms with van der Waals surface area (Å²) in [6.45, 7) is 0.0471. The minimum atomic E-state index is -0.271. The molecule has 1 aliphatic rings. The van der Waals surface area contributed by atoms with E-state index in [9.17, 15) is 9.59 Å². The van der Waals surface area contributed by atoms with Crippen molar-refractivity contribution < 1.29 is 9.59 Å². The van der Waals surface area contributed by atoms with E-state index in [1.165, 1.54) is 11.1 Å². The number of hydrogen-bond donors (Lipinski definition) is 0. The molecule has 1 aromatic rings. The summed E-state index contributed by atoms with van der Waals surface area (Å²) in [6, 6.07) is 0. The average Bonchev–Trinajstić information content (AvgIpc) is 2.50. The molecule has 1 fully saturated rings. The van der Waals surface area contributed by atoms with Crippen LogP contribution in [-0.4, -0.2) is 28.2 Å². The van der Waals surface area contributed by atoms with Gasteiger partial charge in [-0.25, -0.2) is 9.97 Å². The summed E-state index contributed by atoms with van der Waals surface area (Å²) in [5.41, 5.74) is 0. The van der Waals surface area contributed by atoms with E-state index < -0.39 is 0 Å². The second-order valence-electron chi connectivity index (χ2n) is 3.01. The normalized spacial score (nSPS) is 16.3. The first-order valence-electron chi connectivity index (χ1n) is 4.08. The Morgan fingerprint density at radius 2 is 2.20 bits per heavy atom. The highest BCUT2D eigenvalue weighted by atomic mass is 79.9. The van der Waals surface area contributed by atoms with E-state index >= 15 is 0 Å². The Morgan fingerprint density at radius 1 is 1.47 bits per heavy atom. The van der Waals surface area contributed by atoms with Crippen molar-refractivity contribution in [3.63, 3.8) is 0 Å². The van der Waals surface area contributed by atoms with Gasteiger partial charge in [0.2, 0.25) is 5.91 Å². The maximum absolute atomic E-state index is 11.4. The van der Waals surface area contributed by atoms with Crippen LogP contribution in [0, 0.1) is 0 Å². The molecular formula is C8H5BrClN3O2. The maximum Gasteiger partial charge on any atom is 0.236 e. The van der Waals surface area contributed by atoms with Crippen LogP contribution >= 0.6 is 27.5 Å². The summed E-state index contributed by atoms with van der Waals surface area (Å²) in [4.78, 5) is 31.5. The molecule has 2 rings (SSSR count). The van der Waals surface area contributed by atoms with Crippen LogP contribution < -0.4 is 4.90 Å². The number of halogens is 2. The van der Waals surface area contributed by atoms with Gasteiger partial charge in [0.05, 0.1) is 19.2 Å². The monoisotopic (exact) mass is 289 g/mol. The molecule has 0 spiro atoms. The van der Waals surface area contributed by atoms with Gasteiger partial charge in [0.25, 0.3) is 0 Å². The van der Waals surface area contributed by atoms with Crippen molar-refractivity contribution in [2.45, 2.75) is 6.42 Å². The summed E-state index contributed by atoms with van der Waals surface area (Å²) < 4.78 is 0.408. The molecule has 0 saturated carbocycles. The third kappa shape index (κ3) is 2.00. The van der Waals surface area contributed by atoms with Crippen LogP contribution in [0.4, 0.5) is 5.82 Å². The minimum absolute atomic E-state index is 0.0471. The lowest BCUT2D eigenvalue weighted by molar-refractivity contribution is -0.121. The molecule has 0 aliphatic carbocycles. The molecule has 1 saturated heterocycles. The van der Waals surface area contributed by atoms with Crippen LogP contribution in [0.3, 0.4) is 0 Å². The molecule has 0 unspecified atom stereocenters. The molecule has 0 radical (unpaired) electrons. The van der Waals surface area contributed by atoms with Crippen LogP contribution in [0.15, 0.2) is 10.8 Å². The molecule has 1 aromatic heterocycles. The molecule has 1 aliphatic heterocycles. The number of hydrogen-bond acceptors (Lipinski definition) is 4. The van der Waals surface area contributed by atoms with Gasteiger partial charge in [-0.3, -0.25) is 14.5 Å². The lowest BCUT2D eigenvalue weighted by Gasteiger charge is -2.12. The Kier molecular flexibility index (Phi) is 2.70. The number of aromatic nitrogens is 2. The molecule has 0 aromatic carbocycles. The summed E-state index contributed by atoms with van der Waals surface area (Å²) >= 11 is 8.82. The smallest absolute Gasteiger partial charge is 0.236 e. The lowest BCUT2D eigenvalue weighted by atomic mass is 10.3. The third-order valence-corrected chi connectivity index (χ3v) is 3.01. The average molecular weight is 291 g/mol. The van der Waals surface area contributed by atoms with Gasteiger partial charge in [-0.05, 0) is 15.9 Å². The van der Waals surface area contributed by atoms with Gasteiger partial charge < -0.3 is 0 Å².